The van der Waals surface area contributed by atoms with Crippen LogP contribution in [-0.2, 0) is 10.0 Å². The monoisotopic (exact) mass is 456 g/mol. The lowest BCUT2D eigenvalue weighted by Gasteiger charge is -2.16. The summed E-state index contributed by atoms with van der Waals surface area (Å²) >= 11 is 6.18. The first kappa shape index (κ1) is 20.3. The van der Waals surface area contributed by atoms with Crippen LogP contribution in [0.2, 0.25) is 5.15 Å². The van der Waals surface area contributed by atoms with Gasteiger partial charge < -0.3 is 5.32 Å². The zero-order valence-electron chi connectivity index (χ0n) is 16.8. The van der Waals surface area contributed by atoms with Crippen LogP contribution in [0.1, 0.15) is 25.1 Å². The number of nitrogens with one attached hydrogen (secondary N) is 2. The van der Waals surface area contributed by atoms with E-state index in [9.17, 15) is 8.42 Å². The van der Waals surface area contributed by atoms with Crippen LogP contribution in [0, 0.1) is 18.8 Å². The zero-order chi connectivity index (χ0) is 21.6. The highest BCUT2D eigenvalue weighted by Gasteiger charge is 2.49. The molecule has 2 aliphatic carbocycles. The Labute approximate surface area is 185 Å². The number of halogens is 1. The lowest BCUT2D eigenvalue weighted by molar-refractivity contribution is 0.523. The van der Waals surface area contributed by atoms with Crippen molar-refractivity contribution < 1.29 is 8.42 Å². The first-order valence-corrected chi connectivity index (χ1v) is 12.0. The number of rotatable bonds is 6. The van der Waals surface area contributed by atoms with Gasteiger partial charge in [0.1, 0.15) is 27.5 Å². The molecule has 2 saturated carbocycles. The van der Waals surface area contributed by atoms with Crippen molar-refractivity contribution in [3.63, 3.8) is 0 Å². The molecule has 0 spiro atoms. The highest BCUT2D eigenvalue weighted by atomic mass is 35.5. The fraction of sp³-hybridized carbons (Fsp3) is 0.333. The van der Waals surface area contributed by atoms with Crippen molar-refractivity contribution in [3.05, 3.63) is 53.8 Å². The van der Waals surface area contributed by atoms with Gasteiger partial charge in [-0.15, -0.1) is 0 Å². The summed E-state index contributed by atoms with van der Waals surface area (Å²) in [6.07, 6.45) is 7.93. The molecule has 0 radical (unpaired) electrons. The van der Waals surface area contributed by atoms with E-state index in [4.69, 9.17) is 11.6 Å². The molecule has 0 aliphatic heterocycles. The molecule has 31 heavy (non-hydrogen) atoms. The number of fused-ring (bicyclic) bond motifs is 1. The minimum absolute atomic E-state index is 0.00601. The van der Waals surface area contributed by atoms with Crippen LogP contribution in [0.25, 0.3) is 11.1 Å². The van der Waals surface area contributed by atoms with Crippen LogP contribution in [0.3, 0.4) is 0 Å². The maximum absolute atomic E-state index is 13.0. The highest BCUT2D eigenvalue weighted by molar-refractivity contribution is 7.89. The Morgan fingerprint density at radius 3 is 2.61 bits per heavy atom. The number of aromatic nitrogens is 4. The average molecular weight is 457 g/mol. The van der Waals surface area contributed by atoms with E-state index >= 15 is 0 Å². The summed E-state index contributed by atoms with van der Waals surface area (Å²) in [5.41, 5.74) is 1.39. The molecule has 3 unspecified atom stereocenters. The largest absolute Gasteiger partial charge is 0.325 e. The Morgan fingerprint density at radius 2 is 1.87 bits per heavy atom. The Morgan fingerprint density at radius 1 is 1.03 bits per heavy atom. The van der Waals surface area contributed by atoms with Gasteiger partial charge in [0.15, 0.2) is 0 Å². The van der Waals surface area contributed by atoms with Gasteiger partial charge in [-0.25, -0.2) is 33.1 Å². The highest BCUT2D eigenvalue weighted by Crippen LogP contribution is 2.52. The molecule has 3 aromatic rings. The normalized spacial score (nSPS) is 22.2. The smallest absolute Gasteiger partial charge is 0.243 e. The van der Waals surface area contributed by atoms with E-state index in [0.717, 1.165) is 24.8 Å². The average Bonchev–Trinajstić information content (AvgIpc) is 3.42. The number of aryl methyl sites for hydroxylation is 1. The summed E-state index contributed by atoms with van der Waals surface area (Å²) in [4.78, 5) is 16.8. The predicted octanol–water partition coefficient (Wildman–Crippen LogP) is 3.72. The van der Waals surface area contributed by atoms with E-state index in [2.05, 4.69) is 30.0 Å². The van der Waals surface area contributed by atoms with E-state index in [0.29, 0.717) is 34.9 Å². The van der Waals surface area contributed by atoms with E-state index in [-0.39, 0.29) is 16.1 Å². The summed E-state index contributed by atoms with van der Waals surface area (Å²) < 4.78 is 28.9. The number of hydrogen-bond acceptors (Lipinski definition) is 7. The molecular formula is C21H21ClN6O2S. The first-order valence-electron chi connectivity index (χ1n) is 10.1. The van der Waals surface area contributed by atoms with Crippen molar-refractivity contribution in [1.29, 1.82) is 0 Å². The maximum atomic E-state index is 13.0. The van der Waals surface area contributed by atoms with Gasteiger partial charge in [0.2, 0.25) is 10.0 Å². The second kappa shape index (κ2) is 7.81. The van der Waals surface area contributed by atoms with E-state index < -0.39 is 10.0 Å². The predicted molar refractivity (Wildman–Crippen MR) is 117 cm³/mol. The molecule has 8 nitrogen and oxygen atoms in total. The molecule has 0 aromatic carbocycles. The van der Waals surface area contributed by atoms with Gasteiger partial charge in [0.05, 0.1) is 0 Å². The van der Waals surface area contributed by atoms with Crippen LogP contribution < -0.4 is 10.0 Å². The molecule has 0 bridgehead atoms. The lowest BCUT2D eigenvalue weighted by Crippen LogP contribution is -2.35. The Bertz CT molecular complexity index is 1250. The van der Waals surface area contributed by atoms with Gasteiger partial charge in [-0.3, -0.25) is 0 Å². The quantitative estimate of drug-likeness (QED) is 0.544. The maximum Gasteiger partial charge on any atom is 0.243 e. The van der Waals surface area contributed by atoms with Gasteiger partial charge in [-0.05, 0) is 67.9 Å². The number of hydrogen-bond donors (Lipinski definition) is 2. The van der Waals surface area contributed by atoms with Crippen molar-refractivity contribution in [1.82, 2.24) is 24.7 Å². The zero-order valence-corrected chi connectivity index (χ0v) is 18.4. The minimum Gasteiger partial charge on any atom is -0.325 e. The topological polar surface area (TPSA) is 110 Å². The van der Waals surface area contributed by atoms with E-state index in [1.807, 2.05) is 0 Å². The molecule has 2 aliphatic rings. The summed E-state index contributed by atoms with van der Waals surface area (Å²) in [6, 6.07) is 6.89. The summed E-state index contributed by atoms with van der Waals surface area (Å²) in [6.45, 7) is 1.80. The van der Waals surface area contributed by atoms with Gasteiger partial charge in [0, 0.05) is 30.2 Å². The number of anilines is 2. The fourth-order valence-corrected chi connectivity index (χ4v) is 6.01. The van der Waals surface area contributed by atoms with Gasteiger partial charge >= 0.3 is 0 Å². The van der Waals surface area contributed by atoms with Crippen molar-refractivity contribution in [2.45, 2.75) is 37.1 Å². The molecule has 2 fully saturated rings. The third-order valence-electron chi connectivity index (χ3n) is 5.87. The van der Waals surface area contributed by atoms with E-state index in [1.165, 1.54) is 0 Å². The third kappa shape index (κ3) is 4.26. The van der Waals surface area contributed by atoms with Gasteiger partial charge in [0.25, 0.3) is 0 Å². The second-order valence-corrected chi connectivity index (χ2v) is 10.1. The minimum atomic E-state index is -3.77. The molecule has 2 N–H and O–H groups in total. The van der Waals surface area contributed by atoms with Crippen LogP contribution in [-0.4, -0.2) is 34.4 Å². The molecule has 3 atom stereocenters. The standard InChI is InChI=1S/C21H21ClN6O2S/c1-12-23-7-5-19(26-12)27-20-10-13(4-6-24-20)15-9-18(21(22)25-11-15)31(29,30)28-17-3-2-14-8-16(14)17/h4-7,9-11,14,16-17,28H,2-3,8H2,1H3,(H,23,24,26,27). The summed E-state index contributed by atoms with van der Waals surface area (Å²) in [5.74, 6) is 2.97. The van der Waals surface area contributed by atoms with Gasteiger partial charge in [-0.1, -0.05) is 11.6 Å². The number of nitrogens with zero attached hydrogens (tertiary/aromatic N) is 4. The Kier molecular flexibility index (Phi) is 5.11. The molecule has 0 amide bonds. The molecule has 3 aromatic heterocycles. The van der Waals surface area contributed by atoms with Crippen molar-refractivity contribution in [2.24, 2.45) is 11.8 Å². The lowest BCUT2D eigenvalue weighted by atomic mass is 10.1. The van der Waals surface area contributed by atoms with E-state index in [1.54, 1.807) is 49.8 Å². The Balaban J connectivity index is 1.42. The molecule has 160 valence electrons. The second-order valence-electron chi connectivity index (χ2n) is 8.02. The first-order chi connectivity index (χ1) is 14.9. The van der Waals surface area contributed by atoms with Gasteiger partial charge in [-0.2, -0.15) is 0 Å². The number of sulfonamides is 1. The summed E-state index contributed by atoms with van der Waals surface area (Å²) in [7, 11) is -3.77. The van der Waals surface area contributed by atoms with Crippen molar-refractivity contribution in [2.75, 3.05) is 5.32 Å². The molecule has 10 heteroatoms. The van der Waals surface area contributed by atoms with Crippen LogP contribution >= 0.6 is 11.6 Å². The molecule has 0 saturated heterocycles. The fourth-order valence-electron chi connectivity index (χ4n) is 4.22. The van der Waals surface area contributed by atoms with Crippen molar-refractivity contribution >= 4 is 33.3 Å². The van der Waals surface area contributed by atoms with Crippen LogP contribution in [0.15, 0.2) is 47.8 Å². The number of pyridine rings is 2. The third-order valence-corrected chi connectivity index (χ3v) is 7.79. The van der Waals surface area contributed by atoms with Crippen molar-refractivity contribution in [3.8, 4) is 11.1 Å². The molecule has 3 heterocycles. The molecular weight excluding hydrogens is 436 g/mol. The SMILES string of the molecule is Cc1nccc(Nc2cc(-c3cnc(Cl)c(S(=O)(=O)NC4CCC5CC54)c3)ccn2)n1. The summed E-state index contributed by atoms with van der Waals surface area (Å²) in [5, 5.41) is 3.09. The molecule has 5 rings (SSSR count). The van der Waals surface area contributed by atoms with Crippen LogP contribution in [0.5, 0.6) is 0 Å². The van der Waals surface area contributed by atoms with Crippen LogP contribution in [0.4, 0.5) is 11.6 Å². The Hall–Kier alpha value is -2.62.